The Labute approximate surface area is 190 Å². The normalized spacial score (nSPS) is 18.8. The van der Waals surface area contributed by atoms with Gasteiger partial charge in [0.05, 0.1) is 11.4 Å². The van der Waals surface area contributed by atoms with Gasteiger partial charge in [0.25, 0.3) is 10.0 Å². The first kappa shape index (κ1) is 22.2. The van der Waals surface area contributed by atoms with Crippen LogP contribution in [0.25, 0.3) is 10.6 Å². The van der Waals surface area contributed by atoms with Gasteiger partial charge >= 0.3 is 0 Å². The largest absolute Gasteiger partial charge is 0.317 e. The van der Waals surface area contributed by atoms with Gasteiger partial charge in [-0.1, -0.05) is 90.1 Å². The van der Waals surface area contributed by atoms with Crippen molar-refractivity contribution in [2.45, 2.75) is 52.4 Å². The number of rotatable bonds is 2. The molecule has 0 atom stereocenters. The van der Waals surface area contributed by atoms with Crippen molar-refractivity contribution in [1.29, 1.82) is 0 Å². The van der Waals surface area contributed by atoms with E-state index in [0.717, 1.165) is 21.7 Å². The maximum Gasteiger partial charge on any atom is 0.257 e. The van der Waals surface area contributed by atoms with Gasteiger partial charge in [-0.25, -0.2) is 8.42 Å². The maximum absolute atomic E-state index is 12.1. The molecular formula is C25H30N2O2S2. The van der Waals surface area contributed by atoms with Gasteiger partial charge in [-0.15, -0.1) is 4.40 Å². The number of hydrogen-bond donors (Lipinski definition) is 0. The molecule has 0 N–H and O–H groups in total. The van der Waals surface area contributed by atoms with Gasteiger partial charge in [-0.05, 0) is 44.8 Å². The summed E-state index contributed by atoms with van der Waals surface area (Å²) in [5, 5.41) is 0.552. The summed E-state index contributed by atoms with van der Waals surface area (Å²) in [6, 6.07) is 17.2. The molecule has 0 aromatic heterocycles. The van der Waals surface area contributed by atoms with E-state index in [-0.39, 0.29) is 16.6 Å². The van der Waals surface area contributed by atoms with Crippen molar-refractivity contribution in [3.05, 3.63) is 70.8 Å². The third-order valence-corrected chi connectivity index (χ3v) is 8.13. The minimum atomic E-state index is -3.40. The molecule has 0 bridgehead atoms. The standard InChI is InChI=1S/C25H30N2O2S2/c1-24(2,3)19-11-7-17(8-12-19)21-22(18-9-13-20(14-10-18)25(4,5)6)30-23-26-31(28,29)16-15-27(21)23/h7-14H,15-16H2,1-6H3. The zero-order chi connectivity index (χ0) is 22.6. The molecule has 2 aliphatic heterocycles. The fourth-order valence-electron chi connectivity index (χ4n) is 3.79. The lowest BCUT2D eigenvalue weighted by Gasteiger charge is -2.26. The van der Waals surface area contributed by atoms with E-state index >= 15 is 0 Å². The summed E-state index contributed by atoms with van der Waals surface area (Å²) in [4.78, 5) is 3.12. The lowest BCUT2D eigenvalue weighted by molar-refractivity contribution is 0.566. The number of fused-ring (bicyclic) bond motifs is 1. The van der Waals surface area contributed by atoms with Crippen molar-refractivity contribution in [1.82, 2.24) is 4.90 Å². The highest BCUT2D eigenvalue weighted by atomic mass is 32.2. The topological polar surface area (TPSA) is 49.7 Å². The lowest BCUT2D eigenvalue weighted by Crippen LogP contribution is -2.34. The van der Waals surface area contributed by atoms with Crippen LogP contribution in [0.3, 0.4) is 0 Å². The van der Waals surface area contributed by atoms with Gasteiger partial charge in [0.15, 0.2) is 5.17 Å². The summed E-state index contributed by atoms with van der Waals surface area (Å²) in [5.74, 6) is 0.0386. The molecule has 0 amide bonds. The van der Waals surface area contributed by atoms with Gasteiger partial charge in [-0.2, -0.15) is 0 Å². The Kier molecular flexibility index (Phi) is 5.38. The predicted octanol–water partition coefficient (Wildman–Crippen LogP) is 5.86. The van der Waals surface area contributed by atoms with E-state index in [1.54, 1.807) is 0 Å². The van der Waals surface area contributed by atoms with E-state index in [9.17, 15) is 8.42 Å². The molecule has 0 saturated heterocycles. The van der Waals surface area contributed by atoms with Crippen LogP contribution in [0, 0.1) is 0 Å². The average molecular weight is 455 g/mol. The quantitative estimate of drug-likeness (QED) is 0.571. The second-order valence-electron chi connectivity index (χ2n) is 10.2. The first-order chi connectivity index (χ1) is 14.4. The Bertz CT molecular complexity index is 1160. The smallest absolute Gasteiger partial charge is 0.257 e. The molecule has 4 nitrogen and oxygen atoms in total. The van der Waals surface area contributed by atoms with Crippen molar-refractivity contribution in [2.24, 2.45) is 4.40 Å². The van der Waals surface area contributed by atoms with Gasteiger partial charge in [0.2, 0.25) is 0 Å². The molecule has 0 saturated carbocycles. The van der Waals surface area contributed by atoms with E-state index < -0.39 is 10.0 Å². The highest BCUT2D eigenvalue weighted by Gasteiger charge is 2.36. The highest BCUT2D eigenvalue weighted by molar-refractivity contribution is 8.22. The summed E-state index contributed by atoms with van der Waals surface area (Å²) in [6.45, 7) is 13.6. The Morgan fingerprint density at radius 1 is 0.806 bits per heavy atom. The second kappa shape index (κ2) is 7.52. The molecule has 31 heavy (non-hydrogen) atoms. The molecular weight excluding hydrogens is 424 g/mol. The number of benzene rings is 2. The number of sulfonamides is 1. The van der Waals surface area contributed by atoms with Crippen molar-refractivity contribution in [3.8, 4) is 0 Å². The molecule has 2 aromatic carbocycles. The van der Waals surface area contributed by atoms with Crippen LogP contribution >= 0.6 is 11.8 Å². The molecule has 164 valence electrons. The van der Waals surface area contributed by atoms with Crippen molar-refractivity contribution < 1.29 is 8.42 Å². The van der Waals surface area contributed by atoms with Crippen molar-refractivity contribution in [3.63, 3.8) is 0 Å². The molecule has 2 aromatic rings. The lowest BCUT2D eigenvalue weighted by atomic mass is 9.86. The molecule has 0 radical (unpaired) electrons. The maximum atomic E-state index is 12.1. The van der Waals surface area contributed by atoms with E-state index in [1.165, 1.54) is 22.9 Å². The Hall–Kier alpha value is -2.05. The molecule has 0 fully saturated rings. The highest BCUT2D eigenvalue weighted by Crippen LogP contribution is 2.47. The summed E-state index contributed by atoms with van der Waals surface area (Å²) in [5.41, 5.74) is 5.92. The molecule has 0 unspecified atom stereocenters. The molecule has 0 spiro atoms. The van der Waals surface area contributed by atoms with E-state index in [4.69, 9.17) is 0 Å². The summed E-state index contributed by atoms with van der Waals surface area (Å²) >= 11 is 1.45. The Morgan fingerprint density at radius 3 is 1.77 bits per heavy atom. The SMILES string of the molecule is CC(C)(C)c1ccc(C2=C(c3ccc(C(C)(C)C)cc3)N3CCS(=O)(=O)N=C3S2)cc1. The molecule has 6 heteroatoms. The Balaban J connectivity index is 1.83. The zero-order valence-corrected chi connectivity index (χ0v) is 20.7. The third-order valence-electron chi connectivity index (χ3n) is 5.74. The monoisotopic (exact) mass is 454 g/mol. The number of thioether (sulfide) groups is 1. The minimum absolute atomic E-state index is 0.0386. The van der Waals surface area contributed by atoms with Crippen LogP contribution in [0.15, 0.2) is 52.9 Å². The second-order valence-corrected chi connectivity index (χ2v) is 13.0. The molecule has 0 aliphatic carbocycles. The average Bonchev–Trinajstić information content (AvgIpc) is 3.04. The van der Waals surface area contributed by atoms with Crippen LogP contribution in [0.2, 0.25) is 0 Å². The van der Waals surface area contributed by atoms with Crippen LogP contribution in [-0.2, 0) is 20.9 Å². The van der Waals surface area contributed by atoms with E-state index in [0.29, 0.717) is 11.7 Å². The van der Waals surface area contributed by atoms with Gasteiger partial charge in [0.1, 0.15) is 0 Å². The van der Waals surface area contributed by atoms with Crippen LogP contribution in [0.5, 0.6) is 0 Å². The Morgan fingerprint density at radius 2 is 1.29 bits per heavy atom. The van der Waals surface area contributed by atoms with Gasteiger partial charge in [-0.3, -0.25) is 0 Å². The molecule has 2 heterocycles. The summed E-state index contributed by atoms with van der Waals surface area (Å²) in [7, 11) is -3.40. The first-order valence-corrected chi connectivity index (χ1v) is 13.0. The van der Waals surface area contributed by atoms with Gasteiger partial charge < -0.3 is 4.90 Å². The first-order valence-electron chi connectivity index (χ1n) is 10.6. The fourth-order valence-corrected chi connectivity index (χ4v) is 6.18. The van der Waals surface area contributed by atoms with Crippen LogP contribution in [0.1, 0.15) is 63.8 Å². The summed E-state index contributed by atoms with van der Waals surface area (Å²) in [6.07, 6.45) is 0. The van der Waals surface area contributed by atoms with Crippen molar-refractivity contribution in [2.75, 3.05) is 12.3 Å². The van der Waals surface area contributed by atoms with Crippen LogP contribution in [-0.4, -0.2) is 30.8 Å². The molecule has 4 rings (SSSR count). The number of hydrogen-bond acceptors (Lipinski definition) is 4. The van der Waals surface area contributed by atoms with Crippen molar-refractivity contribution >= 4 is 37.6 Å². The molecule has 2 aliphatic rings. The van der Waals surface area contributed by atoms with Gasteiger partial charge in [0, 0.05) is 11.4 Å². The minimum Gasteiger partial charge on any atom is -0.317 e. The number of amidine groups is 1. The number of nitrogens with zero attached hydrogens (tertiary/aromatic N) is 2. The van der Waals surface area contributed by atoms with E-state index in [1.807, 2.05) is 0 Å². The fraction of sp³-hybridized carbons (Fsp3) is 0.400. The third kappa shape index (κ3) is 4.46. The van der Waals surface area contributed by atoms with Crippen LogP contribution < -0.4 is 0 Å². The predicted molar refractivity (Wildman–Crippen MR) is 133 cm³/mol. The summed E-state index contributed by atoms with van der Waals surface area (Å²) < 4.78 is 28.4. The van der Waals surface area contributed by atoms with E-state index in [2.05, 4.69) is 99.4 Å². The zero-order valence-electron chi connectivity index (χ0n) is 19.1. The van der Waals surface area contributed by atoms with Crippen LogP contribution in [0.4, 0.5) is 0 Å².